The van der Waals surface area contributed by atoms with Crippen LogP contribution >= 0.6 is 0 Å². The van der Waals surface area contributed by atoms with Crippen LogP contribution in [0.5, 0.6) is 0 Å². The molecule has 110 valence electrons. The number of nitrogens with two attached hydrogens (primary N) is 1. The molecule has 0 unspecified atom stereocenters. The van der Waals surface area contributed by atoms with Crippen LogP contribution in [0, 0.1) is 0 Å². The number of benzene rings is 1. The highest BCUT2D eigenvalue weighted by molar-refractivity contribution is 5.97. The van der Waals surface area contributed by atoms with Gasteiger partial charge in [0.05, 0.1) is 24.4 Å². The lowest BCUT2D eigenvalue weighted by molar-refractivity contribution is -0.119. The van der Waals surface area contributed by atoms with E-state index in [-0.39, 0.29) is 19.1 Å². The molecular weight excluding hydrogens is 258 g/mol. The van der Waals surface area contributed by atoms with Crippen LogP contribution in [0.3, 0.4) is 0 Å². The summed E-state index contributed by atoms with van der Waals surface area (Å²) < 4.78 is 5.03. The van der Waals surface area contributed by atoms with Crippen molar-refractivity contribution in [3.05, 3.63) is 23.8 Å². The number of nitrogens with zero attached hydrogens (tertiary/aromatic N) is 1. The van der Waals surface area contributed by atoms with Crippen LogP contribution in [-0.4, -0.2) is 38.6 Å². The van der Waals surface area contributed by atoms with Gasteiger partial charge in [0.25, 0.3) is 0 Å². The third-order valence-corrected chi connectivity index (χ3v) is 2.85. The van der Waals surface area contributed by atoms with Gasteiger partial charge < -0.3 is 20.7 Å². The Hall–Kier alpha value is -2.24. The highest BCUT2D eigenvalue weighted by Gasteiger charge is 2.18. The van der Waals surface area contributed by atoms with Crippen LogP contribution in [0.4, 0.5) is 11.4 Å². The first-order valence-corrected chi connectivity index (χ1v) is 6.55. The molecule has 0 bridgehead atoms. The number of amides is 1. The van der Waals surface area contributed by atoms with Crippen molar-refractivity contribution in [2.45, 2.75) is 13.8 Å². The summed E-state index contributed by atoms with van der Waals surface area (Å²) in [6.45, 7) is 4.70. The van der Waals surface area contributed by atoms with Crippen LogP contribution in [0.1, 0.15) is 24.2 Å². The number of carbonyl (C=O) groups excluding carboxylic acids is 2. The molecule has 0 saturated heterocycles. The minimum absolute atomic E-state index is 0.126. The number of rotatable bonds is 6. The van der Waals surface area contributed by atoms with E-state index in [9.17, 15) is 9.59 Å². The van der Waals surface area contributed by atoms with Crippen molar-refractivity contribution in [1.82, 2.24) is 5.32 Å². The number of nitrogen functional groups attached to an aromatic ring is 1. The minimum Gasteiger partial charge on any atom is -0.462 e. The van der Waals surface area contributed by atoms with E-state index in [1.165, 1.54) is 0 Å². The molecule has 6 nitrogen and oxygen atoms in total. The summed E-state index contributed by atoms with van der Waals surface area (Å²) in [4.78, 5) is 25.3. The van der Waals surface area contributed by atoms with E-state index in [2.05, 4.69) is 5.32 Å². The van der Waals surface area contributed by atoms with E-state index in [0.29, 0.717) is 23.5 Å². The molecule has 1 aromatic rings. The number of hydrogen-bond acceptors (Lipinski definition) is 5. The Bertz CT molecular complexity index is 489. The first-order valence-electron chi connectivity index (χ1n) is 6.55. The number of nitrogens with one attached hydrogen (secondary N) is 1. The summed E-state index contributed by atoms with van der Waals surface area (Å²) in [5.74, 6) is -0.566. The van der Waals surface area contributed by atoms with Crippen LogP contribution in [-0.2, 0) is 9.53 Å². The number of esters is 1. The van der Waals surface area contributed by atoms with Gasteiger partial charge in [-0.05, 0) is 32.0 Å². The zero-order chi connectivity index (χ0) is 15.1. The Morgan fingerprint density at radius 3 is 2.60 bits per heavy atom. The van der Waals surface area contributed by atoms with Crippen molar-refractivity contribution in [2.75, 3.05) is 37.4 Å². The molecule has 0 aliphatic heterocycles. The summed E-state index contributed by atoms with van der Waals surface area (Å²) in [6.07, 6.45) is 0. The Kier molecular flexibility index (Phi) is 5.83. The molecule has 3 N–H and O–H groups in total. The van der Waals surface area contributed by atoms with Crippen LogP contribution in [0.25, 0.3) is 0 Å². The van der Waals surface area contributed by atoms with Gasteiger partial charge in [-0.2, -0.15) is 0 Å². The monoisotopic (exact) mass is 279 g/mol. The number of hydrogen-bond donors (Lipinski definition) is 2. The Balaban J connectivity index is 3.13. The van der Waals surface area contributed by atoms with Gasteiger partial charge in [-0.15, -0.1) is 0 Å². The van der Waals surface area contributed by atoms with Crippen LogP contribution in [0.2, 0.25) is 0 Å². The molecule has 0 radical (unpaired) electrons. The zero-order valence-corrected chi connectivity index (χ0v) is 12.1. The highest BCUT2D eigenvalue weighted by Crippen LogP contribution is 2.24. The lowest BCUT2D eigenvalue weighted by atomic mass is 10.1. The van der Waals surface area contributed by atoms with Crippen molar-refractivity contribution >= 4 is 23.3 Å². The zero-order valence-electron chi connectivity index (χ0n) is 12.1. The number of likely N-dealkylation sites (N-methyl/N-ethyl adjacent to an activating group) is 2. The molecule has 6 heteroatoms. The largest absolute Gasteiger partial charge is 0.462 e. The quantitative estimate of drug-likeness (QED) is 0.600. The van der Waals surface area contributed by atoms with Gasteiger partial charge in [0.1, 0.15) is 0 Å². The smallest absolute Gasteiger partial charge is 0.340 e. The summed E-state index contributed by atoms with van der Waals surface area (Å²) >= 11 is 0. The molecule has 1 rings (SSSR count). The van der Waals surface area contributed by atoms with Gasteiger partial charge in [-0.25, -0.2) is 4.79 Å². The van der Waals surface area contributed by atoms with Crippen molar-refractivity contribution in [3.63, 3.8) is 0 Å². The topological polar surface area (TPSA) is 84.7 Å². The van der Waals surface area contributed by atoms with Crippen molar-refractivity contribution < 1.29 is 14.3 Å². The van der Waals surface area contributed by atoms with E-state index in [1.54, 1.807) is 37.1 Å². The molecule has 0 saturated carbocycles. The maximum Gasteiger partial charge on any atom is 0.340 e. The van der Waals surface area contributed by atoms with Gasteiger partial charge in [0.2, 0.25) is 5.91 Å². The SMILES string of the molecule is CCOC(=O)c1cc(N)ccc1N(CC)CC(=O)NC. The molecule has 20 heavy (non-hydrogen) atoms. The first-order chi connectivity index (χ1) is 9.53. The Morgan fingerprint density at radius 2 is 2.05 bits per heavy atom. The highest BCUT2D eigenvalue weighted by atomic mass is 16.5. The summed E-state index contributed by atoms with van der Waals surface area (Å²) in [6, 6.07) is 5.00. The molecule has 1 aromatic carbocycles. The average Bonchev–Trinajstić information content (AvgIpc) is 2.45. The molecule has 0 aliphatic rings. The standard InChI is InChI=1S/C14H21N3O3/c1-4-17(9-13(18)16-3)12-7-6-10(15)8-11(12)14(19)20-5-2/h6-8H,4-5,9,15H2,1-3H3,(H,16,18). The molecule has 0 aromatic heterocycles. The summed E-state index contributed by atoms with van der Waals surface area (Å²) in [5.41, 5.74) is 7.22. The minimum atomic E-state index is -0.440. The van der Waals surface area contributed by atoms with E-state index in [1.807, 2.05) is 6.92 Å². The molecule has 1 amide bonds. The summed E-state index contributed by atoms with van der Waals surface area (Å²) in [5, 5.41) is 2.56. The predicted molar refractivity (Wildman–Crippen MR) is 78.8 cm³/mol. The fourth-order valence-corrected chi connectivity index (χ4v) is 1.82. The van der Waals surface area contributed by atoms with Crippen molar-refractivity contribution in [1.29, 1.82) is 0 Å². The number of carbonyl (C=O) groups is 2. The lowest BCUT2D eigenvalue weighted by Crippen LogP contribution is -2.36. The maximum atomic E-state index is 12.0. The fraction of sp³-hybridized carbons (Fsp3) is 0.429. The van der Waals surface area contributed by atoms with Gasteiger partial charge >= 0.3 is 5.97 Å². The second kappa shape index (κ2) is 7.37. The number of anilines is 2. The summed E-state index contributed by atoms with van der Waals surface area (Å²) in [7, 11) is 1.57. The molecule has 0 atom stereocenters. The van der Waals surface area contributed by atoms with Crippen molar-refractivity contribution in [3.8, 4) is 0 Å². The molecule has 0 aliphatic carbocycles. The molecule has 0 heterocycles. The van der Waals surface area contributed by atoms with E-state index >= 15 is 0 Å². The van der Waals surface area contributed by atoms with Gasteiger partial charge in [-0.1, -0.05) is 0 Å². The average molecular weight is 279 g/mol. The number of ether oxygens (including phenoxy) is 1. The lowest BCUT2D eigenvalue weighted by Gasteiger charge is -2.24. The second-order valence-corrected chi connectivity index (χ2v) is 4.18. The predicted octanol–water partition coefficient (Wildman–Crippen LogP) is 1.02. The second-order valence-electron chi connectivity index (χ2n) is 4.18. The molecular formula is C14H21N3O3. The van der Waals surface area contributed by atoms with Crippen LogP contribution in [0.15, 0.2) is 18.2 Å². The first kappa shape index (κ1) is 15.8. The van der Waals surface area contributed by atoms with E-state index in [0.717, 1.165) is 0 Å². The normalized spacial score (nSPS) is 9.95. The van der Waals surface area contributed by atoms with E-state index < -0.39 is 5.97 Å². The molecule has 0 spiro atoms. The van der Waals surface area contributed by atoms with E-state index in [4.69, 9.17) is 10.5 Å². The van der Waals surface area contributed by atoms with Crippen LogP contribution < -0.4 is 16.0 Å². The third kappa shape index (κ3) is 3.88. The Labute approximate surface area is 118 Å². The van der Waals surface area contributed by atoms with Gasteiger partial charge in [0.15, 0.2) is 0 Å². The maximum absolute atomic E-state index is 12.0. The van der Waals surface area contributed by atoms with Gasteiger partial charge in [-0.3, -0.25) is 4.79 Å². The fourth-order valence-electron chi connectivity index (χ4n) is 1.82. The Morgan fingerprint density at radius 1 is 1.35 bits per heavy atom. The third-order valence-electron chi connectivity index (χ3n) is 2.85. The molecule has 0 fully saturated rings. The van der Waals surface area contributed by atoms with Crippen molar-refractivity contribution in [2.24, 2.45) is 0 Å². The van der Waals surface area contributed by atoms with Gasteiger partial charge in [0, 0.05) is 19.3 Å².